The molecular weight excluding hydrogens is 248 g/mol. The Morgan fingerprint density at radius 3 is 2.89 bits per heavy atom. The zero-order valence-corrected chi connectivity index (χ0v) is 12.3. The summed E-state index contributed by atoms with van der Waals surface area (Å²) in [7, 11) is 1.90. The molecule has 0 aliphatic carbocycles. The van der Waals surface area contributed by atoms with Crippen LogP contribution in [0.4, 0.5) is 0 Å². The first-order valence-corrected chi connectivity index (χ1v) is 7.14. The van der Waals surface area contributed by atoms with Crippen LogP contribution in [-0.4, -0.2) is 40.4 Å². The van der Waals surface area contributed by atoms with Gasteiger partial charge in [-0.3, -0.25) is 9.58 Å². The van der Waals surface area contributed by atoms with Gasteiger partial charge in [0, 0.05) is 31.7 Å². The Balaban J connectivity index is 2.03. The molecular formula is C13H23ClN4. The van der Waals surface area contributed by atoms with Gasteiger partial charge in [-0.25, -0.2) is 0 Å². The van der Waals surface area contributed by atoms with Crippen molar-refractivity contribution in [2.45, 2.75) is 39.3 Å². The standard InChI is InChI=1S/C13H23ClN4/c1-4-15-8-11-6-5-7-18(11)9-12-10(2)16-17(3)13(12)14/h11,15H,4-9H2,1-3H3. The Kier molecular flexibility index (Phi) is 4.65. The summed E-state index contributed by atoms with van der Waals surface area (Å²) in [6.45, 7) is 8.40. The highest BCUT2D eigenvalue weighted by molar-refractivity contribution is 6.30. The Bertz CT molecular complexity index is 402. The monoisotopic (exact) mass is 270 g/mol. The van der Waals surface area contributed by atoms with Gasteiger partial charge in [0.1, 0.15) is 5.15 Å². The van der Waals surface area contributed by atoms with E-state index in [1.807, 2.05) is 14.0 Å². The smallest absolute Gasteiger partial charge is 0.131 e. The zero-order chi connectivity index (χ0) is 13.1. The molecule has 0 spiro atoms. The highest BCUT2D eigenvalue weighted by atomic mass is 35.5. The molecule has 0 radical (unpaired) electrons. The van der Waals surface area contributed by atoms with Crippen LogP contribution in [0.5, 0.6) is 0 Å². The molecule has 1 atom stereocenters. The molecule has 0 amide bonds. The van der Waals surface area contributed by atoms with E-state index in [1.54, 1.807) is 4.68 Å². The summed E-state index contributed by atoms with van der Waals surface area (Å²) < 4.78 is 1.77. The summed E-state index contributed by atoms with van der Waals surface area (Å²) in [4.78, 5) is 2.53. The van der Waals surface area contributed by atoms with E-state index in [1.165, 1.54) is 24.9 Å². The van der Waals surface area contributed by atoms with E-state index in [-0.39, 0.29) is 0 Å². The van der Waals surface area contributed by atoms with Gasteiger partial charge in [0.25, 0.3) is 0 Å². The van der Waals surface area contributed by atoms with Crippen molar-refractivity contribution in [2.24, 2.45) is 7.05 Å². The molecule has 4 nitrogen and oxygen atoms in total. The maximum Gasteiger partial charge on any atom is 0.131 e. The molecule has 1 unspecified atom stereocenters. The van der Waals surface area contributed by atoms with Gasteiger partial charge in [-0.05, 0) is 32.9 Å². The fourth-order valence-electron chi connectivity index (χ4n) is 2.70. The number of nitrogens with zero attached hydrogens (tertiary/aromatic N) is 3. The number of hydrogen-bond donors (Lipinski definition) is 1. The lowest BCUT2D eigenvalue weighted by atomic mass is 10.2. The average molecular weight is 271 g/mol. The Morgan fingerprint density at radius 1 is 1.50 bits per heavy atom. The number of likely N-dealkylation sites (tertiary alicyclic amines) is 1. The molecule has 0 saturated carbocycles. The van der Waals surface area contributed by atoms with Gasteiger partial charge in [0.05, 0.1) is 5.69 Å². The molecule has 1 aliphatic heterocycles. The van der Waals surface area contributed by atoms with Crippen molar-refractivity contribution in [3.05, 3.63) is 16.4 Å². The molecule has 0 aromatic carbocycles. The third-order valence-electron chi connectivity index (χ3n) is 3.76. The SMILES string of the molecule is CCNCC1CCCN1Cc1c(C)nn(C)c1Cl. The van der Waals surface area contributed by atoms with Gasteiger partial charge >= 0.3 is 0 Å². The minimum Gasteiger partial charge on any atom is -0.315 e. The molecule has 1 fully saturated rings. The van der Waals surface area contributed by atoms with Crippen molar-refractivity contribution in [3.63, 3.8) is 0 Å². The molecule has 2 heterocycles. The number of nitrogens with one attached hydrogen (secondary N) is 1. The maximum absolute atomic E-state index is 6.30. The van der Waals surface area contributed by atoms with Gasteiger partial charge in [-0.15, -0.1) is 0 Å². The molecule has 1 N–H and O–H groups in total. The minimum absolute atomic E-state index is 0.639. The third kappa shape index (κ3) is 2.87. The number of halogens is 1. The molecule has 0 bridgehead atoms. The van der Waals surface area contributed by atoms with Crippen LogP contribution in [0.3, 0.4) is 0 Å². The first-order valence-electron chi connectivity index (χ1n) is 6.76. The fraction of sp³-hybridized carbons (Fsp3) is 0.769. The summed E-state index contributed by atoms with van der Waals surface area (Å²) in [5, 5.41) is 8.61. The van der Waals surface area contributed by atoms with Crippen molar-refractivity contribution >= 4 is 11.6 Å². The molecule has 2 rings (SSSR count). The second kappa shape index (κ2) is 6.04. The summed E-state index contributed by atoms with van der Waals surface area (Å²) in [6.07, 6.45) is 2.57. The van der Waals surface area contributed by atoms with Crippen LogP contribution in [0.15, 0.2) is 0 Å². The first kappa shape index (κ1) is 13.8. The van der Waals surface area contributed by atoms with Gasteiger partial charge in [-0.1, -0.05) is 18.5 Å². The normalized spacial score (nSPS) is 20.8. The first-order chi connectivity index (χ1) is 8.63. The number of aryl methyl sites for hydroxylation is 2. The van der Waals surface area contributed by atoms with Gasteiger partial charge in [0.15, 0.2) is 0 Å². The topological polar surface area (TPSA) is 33.1 Å². The maximum atomic E-state index is 6.30. The van der Waals surface area contributed by atoms with Crippen LogP contribution in [-0.2, 0) is 13.6 Å². The summed E-state index contributed by atoms with van der Waals surface area (Å²) >= 11 is 6.30. The molecule has 5 heteroatoms. The molecule has 1 aromatic rings. The van der Waals surface area contributed by atoms with E-state index in [4.69, 9.17) is 11.6 Å². The summed E-state index contributed by atoms with van der Waals surface area (Å²) in [6, 6.07) is 0.639. The fourth-order valence-corrected chi connectivity index (χ4v) is 2.94. The van der Waals surface area contributed by atoms with Gasteiger partial charge in [0.2, 0.25) is 0 Å². The predicted octanol–water partition coefficient (Wildman–Crippen LogP) is 1.96. The van der Waals surface area contributed by atoms with Gasteiger partial charge in [-0.2, -0.15) is 5.10 Å². The number of likely N-dealkylation sites (N-methyl/N-ethyl adjacent to an activating group) is 1. The van der Waals surface area contributed by atoms with E-state index in [2.05, 4.69) is 22.2 Å². The van der Waals surface area contributed by atoms with Crippen molar-refractivity contribution in [1.82, 2.24) is 20.0 Å². The van der Waals surface area contributed by atoms with Crippen LogP contribution in [0.1, 0.15) is 31.0 Å². The van der Waals surface area contributed by atoms with Crippen LogP contribution in [0, 0.1) is 6.92 Å². The Hall–Kier alpha value is -0.580. The number of hydrogen-bond acceptors (Lipinski definition) is 3. The van der Waals surface area contributed by atoms with Crippen molar-refractivity contribution in [2.75, 3.05) is 19.6 Å². The lowest BCUT2D eigenvalue weighted by molar-refractivity contribution is 0.240. The molecule has 1 saturated heterocycles. The number of aromatic nitrogens is 2. The second-order valence-corrected chi connectivity index (χ2v) is 5.41. The Morgan fingerprint density at radius 2 is 2.28 bits per heavy atom. The van der Waals surface area contributed by atoms with E-state index in [0.717, 1.165) is 30.5 Å². The van der Waals surface area contributed by atoms with E-state index >= 15 is 0 Å². The quantitative estimate of drug-likeness (QED) is 0.888. The lowest BCUT2D eigenvalue weighted by Gasteiger charge is -2.24. The zero-order valence-electron chi connectivity index (χ0n) is 11.5. The van der Waals surface area contributed by atoms with Crippen LogP contribution < -0.4 is 5.32 Å². The lowest BCUT2D eigenvalue weighted by Crippen LogP contribution is -2.37. The predicted molar refractivity (Wildman–Crippen MR) is 74.9 cm³/mol. The van der Waals surface area contributed by atoms with Gasteiger partial charge < -0.3 is 5.32 Å². The van der Waals surface area contributed by atoms with Crippen molar-refractivity contribution in [1.29, 1.82) is 0 Å². The minimum atomic E-state index is 0.639. The van der Waals surface area contributed by atoms with Crippen LogP contribution in [0.25, 0.3) is 0 Å². The van der Waals surface area contributed by atoms with E-state index < -0.39 is 0 Å². The second-order valence-electron chi connectivity index (χ2n) is 5.05. The molecule has 102 valence electrons. The Labute approximate surface area is 114 Å². The molecule has 18 heavy (non-hydrogen) atoms. The largest absolute Gasteiger partial charge is 0.315 e. The summed E-state index contributed by atoms with van der Waals surface area (Å²) in [5.41, 5.74) is 2.24. The average Bonchev–Trinajstić information content (AvgIpc) is 2.87. The summed E-state index contributed by atoms with van der Waals surface area (Å²) in [5.74, 6) is 0. The van der Waals surface area contributed by atoms with Crippen molar-refractivity contribution in [3.8, 4) is 0 Å². The number of rotatable bonds is 5. The highest BCUT2D eigenvalue weighted by Gasteiger charge is 2.26. The van der Waals surface area contributed by atoms with Crippen LogP contribution >= 0.6 is 11.6 Å². The van der Waals surface area contributed by atoms with Crippen molar-refractivity contribution < 1.29 is 0 Å². The van der Waals surface area contributed by atoms with Crippen LogP contribution in [0.2, 0.25) is 5.15 Å². The molecule has 1 aromatic heterocycles. The molecule has 1 aliphatic rings. The third-order valence-corrected chi connectivity index (χ3v) is 4.23. The highest BCUT2D eigenvalue weighted by Crippen LogP contribution is 2.25. The van der Waals surface area contributed by atoms with E-state index in [0.29, 0.717) is 6.04 Å². The van der Waals surface area contributed by atoms with E-state index in [9.17, 15) is 0 Å².